The van der Waals surface area contributed by atoms with Gasteiger partial charge in [-0.05, 0) is 60.7 Å². The molecule has 3 aliphatic rings. The Labute approximate surface area is 195 Å². The highest BCUT2D eigenvalue weighted by Gasteiger charge is 2.64. The molecule has 1 aliphatic heterocycles. The van der Waals surface area contributed by atoms with E-state index in [4.69, 9.17) is 25.8 Å². The predicted molar refractivity (Wildman–Crippen MR) is 116 cm³/mol. The Hall–Kier alpha value is -3.19. The highest BCUT2D eigenvalue weighted by molar-refractivity contribution is 6.30. The number of hydrogen-bond donors (Lipinski definition) is 0. The quantitative estimate of drug-likeness (QED) is 0.349. The van der Waals surface area contributed by atoms with E-state index in [1.54, 1.807) is 24.3 Å². The van der Waals surface area contributed by atoms with Gasteiger partial charge in [0, 0.05) is 16.5 Å². The van der Waals surface area contributed by atoms with E-state index in [1.807, 2.05) is 0 Å². The first kappa shape index (κ1) is 21.6. The highest BCUT2D eigenvalue weighted by atomic mass is 35.5. The van der Waals surface area contributed by atoms with Gasteiger partial charge in [0.25, 0.3) is 0 Å². The lowest BCUT2D eigenvalue weighted by Gasteiger charge is -2.22. The second-order valence-corrected chi connectivity index (χ2v) is 9.19. The van der Waals surface area contributed by atoms with Crippen LogP contribution in [0.1, 0.15) is 28.8 Å². The zero-order valence-corrected chi connectivity index (χ0v) is 18.3. The summed E-state index contributed by atoms with van der Waals surface area (Å²) in [7, 11) is 0. The van der Waals surface area contributed by atoms with Crippen molar-refractivity contribution in [2.45, 2.75) is 25.4 Å². The fraction of sp³-hybridized carbons (Fsp3) is 0.360. The normalized spacial score (nSPS) is 26.7. The van der Waals surface area contributed by atoms with Gasteiger partial charge >= 0.3 is 17.9 Å². The second-order valence-electron chi connectivity index (χ2n) is 8.75. The van der Waals surface area contributed by atoms with Crippen molar-refractivity contribution in [3.63, 3.8) is 0 Å². The van der Waals surface area contributed by atoms with E-state index in [2.05, 4.69) is 0 Å². The lowest BCUT2D eigenvalue weighted by Crippen LogP contribution is -2.34. The number of esters is 3. The largest absolute Gasteiger partial charge is 0.462 e. The van der Waals surface area contributed by atoms with Crippen LogP contribution in [-0.2, 0) is 30.3 Å². The molecule has 2 aromatic rings. The zero-order valence-electron chi connectivity index (χ0n) is 17.6. The van der Waals surface area contributed by atoms with Crippen molar-refractivity contribution in [2.24, 2.45) is 23.7 Å². The standard InChI is InChI=1S/C25H21ClO7/c26-16-5-1-13(2-6-16)9-21(28)32-17-7-3-14(4-8-17)19(27)12-31-24(29)22-15-10-18-20(11-15)33-25(30)23(18)22/h1-8,15,18,20,22-23H,9-12H2/t15-,18+,20+,22-,23-/m1/s1. The first-order valence-corrected chi connectivity index (χ1v) is 11.2. The number of benzene rings is 2. The van der Waals surface area contributed by atoms with Crippen LogP contribution in [0.2, 0.25) is 5.02 Å². The molecule has 1 heterocycles. The van der Waals surface area contributed by atoms with Gasteiger partial charge in [-0.2, -0.15) is 0 Å². The van der Waals surface area contributed by atoms with Crippen molar-refractivity contribution in [1.82, 2.24) is 0 Å². The van der Waals surface area contributed by atoms with Crippen molar-refractivity contribution in [3.05, 3.63) is 64.7 Å². The smallest absolute Gasteiger partial charge is 0.315 e. The number of rotatable bonds is 7. The molecule has 2 aliphatic carbocycles. The molecule has 1 saturated heterocycles. The Morgan fingerprint density at radius 1 is 1.00 bits per heavy atom. The summed E-state index contributed by atoms with van der Waals surface area (Å²) in [6, 6.07) is 12.9. The Balaban J connectivity index is 1.12. The van der Waals surface area contributed by atoms with Gasteiger partial charge in [0.05, 0.1) is 18.3 Å². The summed E-state index contributed by atoms with van der Waals surface area (Å²) in [5, 5.41) is 0.586. The van der Waals surface area contributed by atoms with E-state index in [0.717, 1.165) is 12.0 Å². The molecule has 0 unspecified atom stereocenters. The van der Waals surface area contributed by atoms with Crippen molar-refractivity contribution < 1.29 is 33.4 Å². The minimum absolute atomic E-state index is 0.0583. The molecule has 0 N–H and O–H groups in total. The minimum Gasteiger partial charge on any atom is -0.462 e. The molecule has 8 heteroatoms. The Morgan fingerprint density at radius 2 is 1.73 bits per heavy atom. The van der Waals surface area contributed by atoms with Crippen molar-refractivity contribution in [2.75, 3.05) is 6.61 Å². The van der Waals surface area contributed by atoms with E-state index in [-0.39, 0.29) is 36.1 Å². The van der Waals surface area contributed by atoms with Crippen molar-refractivity contribution >= 4 is 35.3 Å². The molecule has 0 aromatic heterocycles. The Morgan fingerprint density at radius 3 is 2.45 bits per heavy atom. The van der Waals surface area contributed by atoms with Gasteiger partial charge in [0.2, 0.25) is 0 Å². The van der Waals surface area contributed by atoms with Crippen LogP contribution in [0, 0.1) is 23.7 Å². The molecule has 5 rings (SSSR count). The molecule has 33 heavy (non-hydrogen) atoms. The van der Waals surface area contributed by atoms with E-state index < -0.39 is 30.4 Å². The van der Waals surface area contributed by atoms with Gasteiger partial charge in [0.15, 0.2) is 12.4 Å². The summed E-state index contributed by atoms with van der Waals surface area (Å²) in [5.41, 5.74) is 1.10. The highest BCUT2D eigenvalue weighted by Crippen LogP contribution is 2.57. The van der Waals surface area contributed by atoms with Crippen LogP contribution in [0.3, 0.4) is 0 Å². The summed E-state index contributed by atoms with van der Waals surface area (Å²) in [6.45, 7) is -0.409. The first-order valence-electron chi connectivity index (χ1n) is 10.8. The minimum atomic E-state index is -0.517. The number of Topliss-reactive ketones (excluding diaryl/α,β-unsaturated/α-hetero) is 1. The summed E-state index contributed by atoms with van der Waals surface area (Å²) in [4.78, 5) is 49.2. The fourth-order valence-corrected chi connectivity index (χ4v) is 5.41. The van der Waals surface area contributed by atoms with Gasteiger partial charge in [-0.15, -0.1) is 0 Å². The van der Waals surface area contributed by atoms with Crippen LogP contribution in [0.5, 0.6) is 5.75 Å². The third kappa shape index (κ3) is 4.25. The average Bonchev–Trinajstić information content (AvgIpc) is 3.42. The fourth-order valence-electron chi connectivity index (χ4n) is 5.29. The summed E-state index contributed by atoms with van der Waals surface area (Å²) in [6.07, 6.45) is 1.52. The predicted octanol–water partition coefficient (Wildman–Crippen LogP) is 3.41. The van der Waals surface area contributed by atoms with E-state index in [1.165, 1.54) is 24.3 Å². The molecule has 2 bridgehead atoms. The lowest BCUT2D eigenvalue weighted by atomic mass is 9.80. The Bertz CT molecular complexity index is 1110. The molecule has 2 saturated carbocycles. The first-order chi connectivity index (χ1) is 15.9. The maximum atomic E-state index is 12.6. The summed E-state index contributed by atoms with van der Waals surface area (Å²) < 4.78 is 15.9. The zero-order chi connectivity index (χ0) is 23.1. The second kappa shape index (κ2) is 8.63. The van der Waals surface area contributed by atoms with E-state index >= 15 is 0 Å². The number of ketones is 1. The molecule has 3 fully saturated rings. The number of carbonyl (C=O) groups excluding carboxylic acids is 4. The lowest BCUT2D eigenvalue weighted by molar-refractivity contribution is -0.154. The van der Waals surface area contributed by atoms with Gasteiger partial charge < -0.3 is 14.2 Å². The average molecular weight is 469 g/mol. The number of carbonyl (C=O) groups is 4. The maximum absolute atomic E-state index is 12.6. The van der Waals surface area contributed by atoms with Crippen LogP contribution < -0.4 is 4.74 Å². The molecule has 5 atom stereocenters. The molecular formula is C25H21ClO7. The summed E-state index contributed by atoms with van der Waals surface area (Å²) in [5.74, 6) is -2.10. The van der Waals surface area contributed by atoms with Crippen LogP contribution >= 0.6 is 11.6 Å². The number of ether oxygens (including phenoxy) is 3. The van der Waals surface area contributed by atoms with E-state index in [0.29, 0.717) is 22.8 Å². The van der Waals surface area contributed by atoms with Crippen molar-refractivity contribution in [1.29, 1.82) is 0 Å². The van der Waals surface area contributed by atoms with E-state index in [9.17, 15) is 19.2 Å². The van der Waals surface area contributed by atoms with Crippen molar-refractivity contribution in [3.8, 4) is 5.75 Å². The van der Waals surface area contributed by atoms with Gasteiger partial charge in [-0.25, -0.2) is 0 Å². The molecule has 0 spiro atoms. The number of halogens is 1. The van der Waals surface area contributed by atoms with Crippen LogP contribution in [-0.4, -0.2) is 36.4 Å². The topological polar surface area (TPSA) is 96.0 Å². The third-order valence-electron chi connectivity index (χ3n) is 6.77. The molecule has 0 radical (unpaired) electrons. The van der Waals surface area contributed by atoms with Gasteiger partial charge in [-0.3, -0.25) is 19.2 Å². The van der Waals surface area contributed by atoms with Gasteiger partial charge in [-0.1, -0.05) is 23.7 Å². The number of fused-ring (bicyclic) bond motifs is 1. The molecule has 7 nitrogen and oxygen atoms in total. The van der Waals surface area contributed by atoms with Crippen LogP contribution in [0.25, 0.3) is 0 Å². The van der Waals surface area contributed by atoms with Crippen LogP contribution in [0.4, 0.5) is 0 Å². The van der Waals surface area contributed by atoms with Crippen LogP contribution in [0.15, 0.2) is 48.5 Å². The molecule has 2 aromatic carbocycles. The third-order valence-corrected chi connectivity index (χ3v) is 7.02. The monoisotopic (exact) mass is 468 g/mol. The SMILES string of the molecule is O=C(Cc1ccc(Cl)cc1)Oc1ccc(C(=O)COC(=O)[C@@H]2[C@@H]3C[C@@H]4[C@H]2C(=O)O[C@H]4C3)cc1. The summed E-state index contributed by atoms with van der Waals surface area (Å²) >= 11 is 5.84. The Kier molecular flexibility index (Phi) is 5.66. The maximum Gasteiger partial charge on any atom is 0.315 e. The number of hydrogen-bond acceptors (Lipinski definition) is 7. The molecular weight excluding hydrogens is 448 g/mol. The molecule has 0 amide bonds. The molecule has 170 valence electrons. The van der Waals surface area contributed by atoms with Gasteiger partial charge in [0.1, 0.15) is 11.9 Å².